The summed E-state index contributed by atoms with van der Waals surface area (Å²) >= 11 is 0. The number of esters is 4. The highest BCUT2D eigenvalue weighted by Gasteiger charge is 2.41. The first-order chi connectivity index (χ1) is 20.4. The van der Waals surface area contributed by atoms with Crippen LogP contribution in [-0.4, -0.2) is 41.5 Å². The maximum atomic E-state index is 14.2. The number of ketones is 1. The highest BCUT2D eigenvalue weighted by molar-refractivity contribution is 6.27. The van der Waals surface area contributed by atoms with Gasteiger partial charge in [0.15, 0.2) is 0 Å². The summed E-state index contributed by atoms with van der Waals surface area (Å²) in [4.78, 5) is 70.1. The van der Waals surface area contributed by atoms with Gasteiger partial charge in [0.05, 0.1) is 38.6 Å². The van der Waals surface area contributed by atoms with Gasteiger partial charge in [-0.2, -0.15) is 0 Å². The van der Waals surface area contributed by atoms with Crippen LogP contribution in [0.25, 0.3) is 0 Å². The van der Waals surface area contributed by atoms with Crippen LogP contribution in [0.3, 0.4) is 0 Å². The summed E-state index contributed by atoms with van der Waals surface area (Å²) in [6.45, 7) is 20.2. The highest BCUT2D eigenvalue weighted by atomic mass is 16.6. The summed E-state index contributed by atoms with van der Waals surface area (Å²) in [7, 11) is 0. The highest BCUT2D eigenvalue weighted by Crippen LogP contribution is 2.41. The normalized spacial score (nSPS) is 15.4. The summed E-state index contributed by atoms with van der Waals surface area (Å²) in [6, 6.07) is 8.94. The van der Waals surface area contributed by atoms with Crippen molar-refractivity contribution in [2.75, 3.05) is 0 Å². The Kier molecular flexibility index (Phi) is 9.54. The lowest BCUT2D eigenvalue weighted by Gasteiger charge is -2.28. The van der Waals surface area contributed by atoms with Crippen LogP contribution >= 0.6 is 0 Å². The van der Waals surface area contributed by atoms with Gasteiger partial charge in [-0.3, -0.25) is 24.0 Å². The van der Waals surface area contributed by atoms with E-state index in [9.17, 15) is 24.0 Å². The van der Waals surface area contributed by atoms with Crippen molar-refractivity contribution in [1.82, 2.24) is 0 Å². The van der Waals surface area contributed by atoms with Crippen LogP contribution in [0.2, 0.25) is 0 Å². The number of hydrogen-bond donors (Lipinski definition) is 0. The molecule has 3 rings (SSSR count). The van der Waals surface area contributed by atoms with Gasteiger partial charge in [-0.15, -0.1) is 0 Å². The van der Waals surface area contributed by atoms with E-state index in [2.05, 4.69) is 0 Å². The number of rotatable bonds is 5. The van der Waals surface area contributed by atoms with Crippen molar-refractivity contribution in [3.05, 3.63) is 47.5 Å². The zero-order valence-electron chi connectivity index (χ0n) is 28.2. The van der Waals surface area contributed by atoms with E-state index in [0.717, 1.165) is 0 Å². The molecule has 0 saturated heterocycles. The quantitative estimate of drug-likeness (QED) is 0.260. The summed E-state index contributed by atoms with van der Waals surface area (Å²) < 4.78 is 22.5. The van der Waals surface area contributed by atoms with E-state index in [1.807, 2.05) is 0 Å². The third-order valence-electron chi connectivity index (χ3n) is 6.48. The molecular formula is C35H43NO9. The van der Waals surface area contributed by atoms with Gasteiger partial charge >= 0.3 is 23.9 Å². The van der Waals surface area contributed by atoms with E-state index in [0.29, 0.717) is 5.56 Å². The third kappa shape index (κ3) is 8.44. The molecular weight excluding hydrogens is 578 g/mol. The standard InChI is InChI=1S/C35H43NO9/c1-32(2,3)28(38)42-20-15-13-19(14-16-20)25-27(45-31(41)35(10,11)12)26(37)24-22(36-25)17-21(43-29(39)33(4,5)6)18-23(24)44-30(40)34(7,8)9/h13-18,27H,1-12H3. The minimum Gasteiger partial charge on any atom is -0.447 e. The van der Waals surface area contributed by atoms with Gasteiger partial charge < -0.3 is 18.9 Å². The van der Waals surface area contributed by atoms with E-state index in [4.69, 9.17) is 23.9 Å². The number of carbonyl (C=O) groups excluding carboxylic acids is 5. The molecule has 1 aliphatic heterocycles. The Morgan fingerprint density at radius 1 is 0.600 bits per heavy atom. The number of benzene rings is 2. The first kappa shape index (κ1) is 35.1. The largest absolute Gasteiger partial charge is 0.447 e. The number of nitrogens with zero attached hydrogens (tertiary/aromatic N) is 1. The van der Waals surface area contributed by atoms with Crippen molar-refractivity contribution in [3.63, 3.8) is 0 Å². The van der Waals surface area contributed by atoms with E-state index in [-0.39, 0.29) is 34.2 Å². The van der Waals surface area contributed by atoms with Crippen molar-refractivity contribution in [2.24, 2.45) is 26.7 Å². The number of ether oxygens (including phenoxy) is 4. The molecule has 0 aliphatic carbocycles. The molecule has 1 atom stereocenters. The van der Waals surface area contributed by atoms with Crippen LogP contribution in [0.4, 0.5) is 5.69 Å². The van der Waals surface area contributed by atoms with Crippen LogP contribution in [0.1, 0.15) is 99.0 Å². The van der Waals surface area contributed by atoms with Crippen LogP contribution in [0.15, 0.2) is 41.4 Å². The first-order valence-electron chi connectivity index (χ1n) is 14.7. The van der Waals surface area contributed by atoms with Crippen molar-refractivity contribution in [2.45, 2.75) is 89.2 Å². The topological polar surface area (TPSA) is 135 Å². The van der Waals surface area contributed by atoms with Gasteiger partial charge in [-0.05, 0) is 107 Å². The first-order valence-corrected chi connectivity index (χ1v) is 14.7. The van der Waals surface area contributed by atoms with Gasteiger partial charge in [0.2, 0.25) is 11.9 Å². The van der Waals surface area contributed by atoms with Crippen molar-refractivity contribution in [3.8, 4) is 17.2 Å². The molecule has 0 N–H and O–H groups in total. The lowest BCUT2D eigenvalue weighted by atomic mass is 9.91. The molecule has 10 heteroatoms. The molecule has 0 saturated carbocycles. The van der Waals surface area contributed by atoms with Crippen molar-refractivity contribution < 1.29 is 42.9 Å². The van der Waals surface area contributed by atoms with E-state index in [1.165, 1.54) is 12.1 Å². The van der Waals surface area contributed by atoms with Crippen LogP contribution < -0.4 is 14.2 Å². The van der Waals surface area contributed by atoms with E-state index in [1.54, 1.807) is 107 Å². The molecule has 0 bridgehead atoms. The number of fused-ring (bicyclic) bond motifs is 1. The van der Waals surface area contributed by atoms with Gasteiger partial charge in [0, 0.05) is 17.7 Å². The molecule has 1 unspecified atom stereocenters. The molecule has 2 aromatic carbocycles. The molecule has 10 nitrogen and oxygen atoms in total. The van der Waals surface area contributed by atoms with E-state index >= 15 is 0 Å². The molecule has 2 aromatic rings. The van der Waals surface area contributed by atoms with Gasteiger partial charge in [-0.25, -0.2) is 4.99 Å². The van der Waals surface area contributed by atoms with Crippen molar-refractivity contribution in [1.29, 1.82) is 0 Å². The van der Waals surface area contributed by atoms with Crippen LogP contribution in [0, 0.1) is 21.7 Å². The van der Waals surface area contributed by atoms with Crippen LogP contribution in [-0.2, 0) is 23.9 Å². The summed E-state index contributed by atoms with van der Waals surface area (Å²) in [5, 5.41) is 0. The van der Waals surface area contributed by atoms with Crippen molar-refractivity contribution >= 4 is 41.1 Å². The Labute approximate surface area is 264 Å². The van der Waals surface area contributed by atoms with Gasteiger partial charge in [0.25, 0.3) is 0 Å². The Morgan fingerprint density at radius 2 is 1.04 bits per heavy atom. The monoisotopic (exact) mass is 621 g/mol. The maximum Gasteiger partial charge on any atom is 0.316 e. The number of Topliss-reactive ketones (excluding diaryl/α,β-unsaturated/α-hetero) is 1. The minimum absolute atomic E-state index is 0.0101. The molecule has 0 fully saturated rings. The second kappa shape index (κ2) is 12.2. The zero-order valence-corrected chi connectivity index (χ0v) is 28.2. The molecule has 0 aromatic heterocycles. The Balaban J connectivity index is 2.23. The molecule has 242 valence electrons. The second-order valence-corrected chi connectivity index (χ2v) is 15.2. The van der Waals surface area contributed by atoms with Gasteiger partial charge in [-0.1, -0.05) is 0 Å². The predicted octanol–water partition coefficient (Wildman–Crippen LogP) is 6.82. The smallest absolute Gasteiger partial charge is 0.316 e. The third-order valence-corrected chi connectivity index (χ3v) is 6.48. The van der Waals surface area contributed by atoms with Crippen LogP contribution in [0.5, 0.6) is 17.2 Å². The number of hydrogen-bond acceptors (Lipinski definition) is 10. The average Bonchev–Trinajstić information content (AvgIpc) is 2.88. The molecule has 0 amide bonds. The lowest BCUT2D eigenvalue weighted by Crippen LogP contribution is -2.41. The molecule has 45 heavy (non-hydrogen) atoms. The zero-order chi connectivity index (χ0) is 34.3. The fraction of sp³-hybridized carbons (Fsp3) is 0.486. The number of carbonyl (C=O) groups is 5. The second-order valence-electron chi connectivity index (χ2n) is 15.2. The molecule has 1 heterocycles. The molecule has 0 radical (unpaired) electrons. The van der Waals surface area contributed by atoms with E-state index < -0.39 is 57.4 Å². The summed E-state index contributed by atoms with van der Waals surface area (Å²) in [5.74, 6) is -2.86. The predicted molar refractivity (Wildman–Crippen MR) is 168 cm³/mol. The Bertz CT molecular complexity index is 1550. The molecule has 0 spiro atoms. The SMILES string of the molecule is CC(C)(C)C(=O)Oc1ccc(C2=Nc3cc(OC(=O)C(C)(C)C)cc(OC(=O)C(C)(C)C)c3C(=O)C2OC(=O)C(C)(C)C)cc1. The molecule has 1 aliphatic rings. The summed E-state index contributed by atoms with van der Waals surface area (Å²) in [5.41, 5.74) is -3.03. The fourth-order valence-electron chi connectivity index (χ4n) is 3.57. The average molecular weight is 622 g/mol. The minimum atomic E-state index is -1.50. The lowest BCUT2D eigenvalue weighted by molar-refractivity contribution is -0.154. The fourth-order valence-corrected chi connectivity index (χ4v) is 3.57. The Hall–Kier alpha value is -4.34. The Morgan fingerprint density at radius 3 is 1.51 bits per heavy atom. The van der Waals surface area contributed by atoms with Gasteiger partial charge in [0.1, 0.15) is 17.2 Å². The summed E-state index contributed by atoms with van der Waals surface area (Å²) in [6.07, 6.45) is -1.50. The maximum absolute atomic E-state index is 14.2. The number of aliphatic imine (C=N–C) groups is 1.